The van der Waals surface area contributed by atoms with Gasteiger partial charge in [0.2, 0.25) is 5.95 Å². The van der Waals surface area contributed by atoms with E-state index in [-0.39, 0.29) is 0 Å². The molecule has 4 N–H and O–H groups in total. The van der Waals surface area contributed by atoms with E-state index in [1.807, 2.05) is 24.3 Å². The quantitative estimate of drug-likeness (QED) is 0.586. The van der Waals surface area contributed by atoms with Crippen LogP contribution < -0.4 is 16.6 Å². The van der Waals surface area contributed by atoms with Gasteiger partial charge in [-0.15, -0.1) is 0 Å². The summed E-state index contributed by atoms with van der Waals surface area (Å²) in [7, 11) is 2.18. The molecule has 112 valence electrons. The van der Waals surface area contributed by atoms with E-state index in [9.17, 15) is 0 Å². The number of nitrogens with two attached hydrogens (primary N) is 1. The maximum Gasteiger partial charge on any atom is 0.239 e. The second-order valence-electron chi connectivity index (χ2n) is 5.71. The molecule has 1 unspecified atom stereocenters. The third kappa shape index (κ3) is 3.22. The van der Waals surface area contributed by atoms with Gasteiger partial charge in [-0.1, -0.05) is 12.1 Å². The highest BCUT2D eigenvalue weighted by Gasteiger charge is 2.17. The summed E-state index contributed by atoms with van der Waals surface area (Å²) in [4.78, 5) is 11.2. The van der Waals surface area contributed by atoms with Gasteiger partial charge in [0.25, 0.3) is 0 Å². The van der Waals surface area contributed by atoms with Crippen molar-refractivity contribution in [2.45, 2.75) is 12.8 Å². The van der Waals surface area contributed by atoms with Crippen LogP contribution in [0.4, 0.5) is 11.8 Å². The molecule has 1 aromatic heterocycles. The van der Waals surface area contributed by atoms with Crippen LogP contribution in [0.15, 0.2) is 24.3 Å². The molecule has 0 saturated carbocycles. The summed E-state index contributed by atoms with van der Waals surface area (Å²) < 4.78 is 0. The van der Waals surface area contributed by atoms with Crippen LogP contribution in [-0.2, 0) is 0 Å². The van der Waals surface area contributed by atoms with E-state index in [1.54, 1.807) is 0 Å². The highest BCUT2D eigenvalue weighted by Crippen LogP contribution is 2.23. The van der Waals surface area contributed by atoms with E-state index in [2.05, 4.69) is 32.7 Å². The lowest BCUT2D eigenvalue weighted by Crippen LogP contribution is -2.35. The highest BCUT2D eigenvalue weighted by atomic mass is 15.3. The van der Waals surface area contributed by atoms with Crippen molar-refractivity contribution in [3.05, 3.63) is 24.3 Å². The smallest absolute Gasteiger partial charge is 0.239 e. The van der Waals surface area contributed by atoms with Gasteiger partial charge in [-0.3, -0.25) is 5.43 Å². The Morgan fingerprint density at radius 1 is 1.33 bits per heavy atom. The number of nitrogens with one attached hydrogen (secondary N) is 2. The molecule has 2 heterocycles. The second-order valence-corrected chi connectivity index (χ2v) is 5.71. The van der Waals surface area contributed by atoms with E-state index in [1.165, 1.54) is 19.4 Å². The predicted octanol–water partition coefficient (Wildman–Crippen LogP) is 1.67. The Morgan fingerprint density at radius 2 is 2.19 bits per heavy atom. The summed E-state index contributed by atoms with van der Waals surface area (Å²) >= 11 is 0. The number of rotatable bonds is 4. The summed E-state index contributed by atoms with van der Waals surface area (Å²) in [6.07, 6.45) is 2.53. The molecule has 0 aliphatic carbocycles. The number of aromatic nitrogens is 2. The summed E-state index contributed by atoms with van der Waals surface area (Å²) in [5.41, 5.74) is 3.43. The number of hydrogen-bond acceptors (Lipinski definition) is 6. The minimum Gasteiger partial charge on any atom is -0.369 e. The van der Waals surface area contributed by atoms with Crippen molar-refractivity contribution in [3.63, 3.8) is 0 Å². The van der Waals surface area contributed by atoms with Crippen molar-refractivity contribution in [1.29, 1.82) is 0 Å². The number of nitrogens with zero attached hydrogens (tertiary/aromatic N) is 3. The van der Waals surface area contributed by atoms with E-state index in [0.717, 1.165) is 29.8 Å². The predicted molar refractivity (Wildman–Crippen MR) is 86.1 cm³/mol. The van der Waals surface area contributed by atoms with Crippen LogP contribution in [0, 0.1) is 5.92 Å². The SMILES string of the molecule is CN1CCCC(CNc2nc(NN)nc3ccccc23)C1. The number of para-hydroxylation sites is 1. The van der Waals surface area contributed by atoms with E-state index in [0.29, 0.717) is 11.9 Å². The van der Waals surface area contributed by atoms with E-state index >= 15 is 0 Å². The summed E-state index contributed by atoms with van der Waals surface area (Å²) in [6, 6.07) is 7.97. The molecule has 0 bridgehead atoms. The van der Waals surface area contributed by atoms with Gasteiger partial charge < -0.3 is 10.2 Å². The summed E-state index contributed by atoms with van der Waals surface area (Å²) in [5.74, 6) is 7.41. The Hall–Kier alpha value is -1.92. The number of likely N-dealkylation sites (tertiary alicyclic amines) is 1. The first-order valence-corrected chi connectivity index (χ1v) is 7.42. The standard InChI is InChI=1S/C15H22N6/c1-21-8-4-5-11(10-21)9-17-14-12-6-2-3-7-13(12)18-15(19-14)20-16/h2-3,6-7,11H,4-5,8-10,16H2,1H3,(H2,17,18,19,20). The van der Waals surface area contributed by atoms with E-state index in [4.69, 9.17) is 5.84 Å². The normalized spacial score (nSPS) is 19.6. The molecule has 1 aliphatic heterocycles. The average Bonchev–Trinajstić information content (AvgIpc) is 2.52. The third-order valence-corrected chi connectivity index (χ3v) is 4.01. The monoisotopic (exact) mass is 286 g/mol. The first-order chi connectivity index (χ1) is 10.3. The van der Waals surface area contributed by atoms with Crippen LogP contribution in [0.25, 0.3) is 10.9 Å². The Morgan fingerprint density at radius 3 is 3.00 bits per heavy atom. The molecule has 3 rings (SSSR count). The molecule has 1 saturated heterocycles. The second kappa shape index (κ2) is 6.24. The van der Waals surface area contributed by atoms with Crippen LogP contribution in [-0.4, -0.2) is 41.5 Å². The van der Waals surface area contributed by atoms with Gasteiger partial charge in [0.15, 0.2) is 0 Å². The van der Waals surface area contributed by atoms with Crippen LogP contribution in [0.5, 0.6) is 0 Å². The maximum absolute atomic E-state index is 5.46. The van der Waals surface area contributed by atoms with Crippen LogP contribution >= 0.6 is 0 Å². The number of hydrogen-bond donors (Lipinski definition) is 3. The number of nitrogen functional groups attached to an aromatic ring is 1. The van der Waals surface area contributed by atoms with Crippen LogP contribution in [0.3, 0.4) is 0 Å². The van der Waals surface area contributed by atoms with Crippen LogP contribution in [0.1, 0.15) is 12.8 Å². The van der Waals surface area contributed by atoms with Gasteiger partial charge >= 0.3 is 0 Å². The van der Waals surface area contributed by atoms with Crippen LogP contribution in [0.2, 0.25) is 0 Å². The Labute approximate surface area is 124 Å². The first kappa shape index (κ1) is 14.0. The lowest BCUT2D eigenvalue weighted by Gasteiger charge is -2.29. The molecular weight excluding hydrogens is 264 g/mol. The first-order valence-electron chi connectivity index (χ1n) is 7.42. The van der Waals surface area contributed by atoms with Crippen molar-refractivity contribution < 1.29 is 0 Å². The molecule has 1 aromatic carbocycles. The fourth-order valence-corrected chi connectivity index (χ4v) is 2.96. The Bertz CT molecular complexity index is 614. The van der Waals surface area contributed by atoms with Crippen molar-refractivity contribution >= 4 is 22.7 Å². The van der Waals surface area contributed by atoms with Gasteiger partial charge in [0.1, 0.15) is 5.82 Å². The largest absolute Gasteiger partial charge is 0.369 e. The van der Waals surface area contributed by atoms with Crippen molar-refractivity contribution in [2.75, 3.05) is 37.4 Å². The zero-order chi connectivity index (χ0) is 14.7. The van der Waals surface area contributed by atoms with Crippen molar-refractivity contribution in [3.8, 4) is 0 Å². The summed E-state index contributed by atoms with van der Waals surface area (Å²) in [5, 5.41) is 4.51. The number of piperidine rings is 1. The van der Waals surface area contributed by atoms with E-state index < -0.39 is 0 Å². The van der Waals surface area contributed by atoms with Crippen molar-refractivity contribution in [1.82, 2.24) is 14.9 Å². The zero-order valence-electron chi connectivity index (χ0n) is 12.3. The topological polar surface area (TPSA) is 79.1 Å². The summed E-state index contributed by atoms with van der Waals surface area (Å²) in [6.45, 7) is 3.27. The minimum absolute atomic E-state index is 0.442. The average molecular weight is 286 g/mol. The van der Waals surface area contributed by atoms with Gasteiger partial charge in [0, 0.05) is 18.5 Å². The Balaban J connectivity index is 1.79. The molecule has 1 fully saturated rings. The van der Waals surface area contributed by atoms with Gasteiger partial charge in [-0.05, 0) is 44.5 Å². The minimum atomic E-state index is 0.442. The molecule has 6 nitrogen and oxygen atoms in total. The lowest BCUT2D eigenvalue weighted by atomic mass is 9.98. The van der Waals surface area contributed by atoms with Gasteiger partial charge in [-0.2, -0.15) is 4.98 Å². The third-order valence-electron chi connectivity index (χ3n) is 4.01. The fourth-order valence-electron chi connectivity index (χ4n) is 2.96. The molecule has 1 atom stereocenters. The number of benzene rings is 1. The van der Waals surface area contributed by atoms with Crippen molar-refractivity contribution in [2.24, 2.45) is 11.8 Å². The molecule has 1 aliphatic rings. The maximum atomic E-state index is 5.46. The van der Waals surface area contributed by atoms with Gasteiger partial charge in [-0.25, -0.2) is 10.8 Å². The molecule has 2 aromatic rings. The molecule has 21 heavy (non-hydrogen) atoms. The highest BCUT2D eigenvalue weighted by molar-refractivity contribution is 5.89. The molecule has 6 heteroatoms. The number of hydrazine groups is 1. The molecule has 0 radical (unpaired) electrons. The number of fused-ring (bicyclic) bond motifs is 1. The fraction of sp³-hybridized carbons (Fsp3) is 0.467. The number of anilines is 2. The lowest BCUT2D eigenvalue weighted by molar-refractivity contribution is 0.217. The molecular formula is C15H22N6. The van der Waals surface area contributed by atoms with Gasteiger partial charge in [0.05, 0.1) is 5.52 Å². The molecule has 0 amide bonds. The zero-order valence-corrected chi connectivity index (χ0v) is 12.3. The molecule has 0 spiro atoms. The Kier molecular flexibility index (Phi) is 4.17.